The smallest absolute Gasteiger partial charge is 0.247 e. The van der Waals surface area contributed by atoms with E-state index in [1.54, 1.807) is 12.1 Å². The molecule has 1 fully saturated rings. The van der Waals surface area contributed by atoms with Crippen molar-refractivity contribution in [1.82, 2.24) is 15.5 Å². The van der Waals surface area contributed by atoms with Gasteiger partial charge < -0.3 is 9.73 Å². The van der Waals surface area contributed by atoms with E-state index in [2.05, 4.69) is 15.5 Å². The van der Waals surface area contributed by atoms with E-state index in [4.69, 9.17) is 4.42 Å². The number of aromatic nitrogens is 2. The molecule has 0 spiro atoms. The summed E-state index contributed by atoms with van der Waals surface area (Å²) in [5.74, 6) is 0.996. The van der Waals surface area contributed by atoms with Crippen molar-refractivity contribution in [3.63, 3.8) is 0 Å². The zero-order valence-electron chi connectivity index (χ0n) is 9.19. The molecule has 4 nitrogen and oxygen atoms in total. The number of hydrogen-bond acceptors (Lipinski definition) is 4. The van der Waals surface area contributed by atoms with Crippen LogP contribution < -0.4 is 5.32 Å². The standard InChI is InChI=1S/C12H12FN3O/c13-10-3-1-2-8(6-10)11-15-16-12(17-11)9-4-5-14-7-9/h1-3,6,9,14H,4-5,7H2. The second-order valence-corrected chi connectivity index (χ2v) is 4.15. The first kappa shape index (κ1) is 10.4. The molecule has 1 aromatic carbocycles. The molecule has 0 bridgehead atoms. The maximum absolute atomic E-state index is 13.1. The maximum atomic E-state index is 13.1. The predicted octanol–water partition coefficient (Wildman–Crippen LogP) is 1.95. The van der Waals surface area contributed by atoms with E-state index in [1.807, 2.05) is 0 Å². The van der Waals surface area contributed by atoms with Gasteiger partial charge in [0.25, 0.3) is 0 Å². The largest absolute Gasteiger partial charge is 0.420 e. The van der Waals surface area contributed by atoms with Crippen LogP contribution in [0.15, 0.2) is 28.7 Å². The van der Waals surface area contributed by atoms with E-state index in [0.29, 0.717) is 17.3 Å². The molecule has 5 heteroatoms. The Kier molecular flexibility index (Phi) is 2.60. The van der Waals surface area contributed by atoms with Crippen LogP contribution in [0.3, 0.4) is 0 Å². The van der Waals surface area contributed by atoms with Gasteiger partial charge in [-0.15, -0.1) is 10.2 Å². The first-order valence-electron chi connectivity index (χ1n) is 5.63. The Morgan fingerprint density at radius 3 is 3.06 bits per heavy atom. The first-order chi connectivity index (χ1) is 8.33. The second kappa shape index (κ2) is 4.25. The Labute approximate surface area is 97.9 Å². The van der Waals surface area contributed by atoms with Gasteiger partial charge in [-0.25, -0.2) is 4.39 Å². The van der Waals surface area contributed by atoms with Crippen molar-refractivity contribution in [2.24, 2.45) is 0 Å². The third kappa shape index (κ3) is 2.06. The van der Waals surface area contributed by atoms with Gasteiger partial charge in [0.15, 0.2) is 0 Å². The Balaban J connectivity index is 1.89. The number of benzene rings is 1. The van der Waals surface area contributed by atoms with Crippen molar-refractivity contribution >= 4 is 0 Å². The van der Waals surface area contributed by atoms with Crippen molar-refractivity contribution in [2.45, 2.75) is 12.3 Å². The highest BCUT2D eigenvalue weighted by atomic mass is 19.1. The zero-order chi connectivity index (χ0) is 11.7. The molecule has 1 atom stereocenters. The summed E-state index contributed by atoms with van der Waals surface area (Å²) >= 11 is 0. The van der Waals surface area contributed by atoms with E-state index in [0.717, 1.165) is 19.5 Å². The highest BCUT2D eigenvalue weighted by Gasteiger charge is 2.22. The molecule has 2 aromatic rings. The van der Waals surface area contributed by atoms with Crippen LogP contribution in [0.2, 0.25) is 0 Å². The summed E-state index contributed by atoms with van der Waals surface area (Å²) in [7, 11) is 0. The van der Waals surface area contributed by atoms with Gasteiger partial charge >= 0.3 is 0 Å². The SMILES string of the molecule is Fc1cccc(-c2nnc(C3CCNC3)o2)c1. The summed E-state index contributed by atoms with van der Waals surface area (Å²) in [5, 5.41) is 11.2. The summed E-state index contributed by atoms with van der Waals surface area (Å²) < 4.78 is 18.6. The normalized spacial score (nSPS) is 19.7. The molecule has 0 aliphatic carbocycles. The lowest BCUT2D eigenvalue weighted by Crippen LogP contribution is -2.08. The Hall–Kier alpha value is -1.75. The van der Waals surface area contributed by atoms with Crippen LogP contribution in [-0.2, 0) is 0 Å². The van der Waals surface area contributed by atoms with Crippen LogP contribution >= 0.6 is 0 Å². The summed E-state index contributed by atoms with van der Waals surface area (Å²) in [6.45, 7) is 1.84. The predicted molar refractivity (Wildman–Crippen MR) is 59.9 cm³/mol. The Morgan fingerprint density at radius 1 is 1.35 bits per heavy atom. The fraction of sp³-hybridized carbons (Fsp3) is 0.333. The lowest BCUT2D eigenvalue weighted by atomic mass is 10.1. The van der Waals surface area contributed by atoms with Crippen molar-refractivity contribution in [3.8, 4) is 11.5 Å². The fourth-order valence-corrected chi connectivity index (χ4v) is 2.00. The molecular formula is C12H12FN3O. The Morgan fingerprint density at radius 2 is 2.29 bits per heavy atom. The lowest BCUT2D eigenvalue weighted by Gasteiger charge is -1.99. The second-order valence-electron chi connectivity index (χ2n) is 4.15. The number of rotatable bonds is 2. The highest BCUT2D eigenvalue weighted by Crippen LogP contribution is 2.25. The molecule has 0 radical (unpaired) electrons. The molecule has 88 valence electrons. The zero-order valence-corrected chi connectivity index (χ0v) is 9.19. The molecule has 1 aliphatic heterocycles. The van der Waals surface area contributed by atoms with E-state index < -0.39 is 0 Å². The lowest BCUT2D eigenvalue weighted by molar-refractivity contribution is 0.466. The molecule has 0 saturated carbocycles. The van der Waals surface area contributed by atoms with Gasteiger partial charge in [0.2, 0.25) is 11.8 Å². The van der Waals surface area contributed by atoms with E-state index in [-0.39, 0.29) is 11.7 Å². The number of halogens is 1. The molecule has 1 aliphatic rings. The monoisotopic (exact) mass is 233 g/mol. The quantitative estimate of drug-likeness (QED) is 0.861. The molecular weight excluding hydrogens is 221 g/mol. The summed E-state index contributed by atoms with van der Waals surface area (Å²) in [5.41, 5.74) is 0.620. The summed E-state index contributed by atoms with van der Waals surface area (Å²) in [6.07, 6.45) is 1.00. The number of hydrogen-bond donors (Lipinski definition) is 1. The maximum Gasteiger partial charge on any atom is 0.247 e. The van der Waals surface area contributed by atoms with Crippen LogP contribution in [0.25, 0.3) is 11.5 Å². The van der Waals surface area contributed by atoms with Gasteiger partial charge in [-0.2, -0.15) is 0 Å². The first-order valence-corrected chi connectivity index (χ1v) is 5.63. The fourth-order valence-electron chi connectivity index (χ4n) is 2.00. The van der Waals surface area contributed by atoms with Crippen molar-refractivity contribution in [3.05, 3.63) is 36.0 Å². The summed E-state index contributed by atoms with van der Waals surface area (Å²) in [4.78, 5) is 0. The van der Waals surface area contributed by atoms with Gasteiger partial charge in [-0.05, 0) is 31.2 Å². The van der Waals surface area contributed by atoms with Crippen LogP contribution in [-0.4, -0.2) is 23.3 Å². The molecule has 17 heavy (non-hydrogen) atoms. The van der Waals surface area contributed by atoms with Crippen LogP contribution in [0.5, 0.6) is 0 Å². The highest BCUT2D eigenvalue weighted by molar-refractivity contribution is 5.52. The molecule has 1 N–H and O–H groups in total. The molecule has 1 unspecified atom stereocenters. The minimum atomic E-state index is -0.301. The molecule has 0 amide bonds. The van der Waals surface area contributed by atoms with Crippen molar-refractivity contribution in [2.75, 3.05) is 13.1 Å². The molecule has 3 rings (SSSR count). The van der Waals surface area contributed by atoms with Gasteiger partial charge in [-0.1, -0.05) is 6.07 Å². The topological polar surface area (TPSA) is 51.0 Å². The van der Waals surface area contributed by atoms with Gasteiger partial charge in [0.1, 0.15) is 5.82 Å². The van der Waals surface area contributed by atoms with Gasteiger partial charge in [-0.3, -0.25) is 0 Å². The molecule has 1 aromatic heterocycles. The molecule has 2 heterocycles. The van der Waals surface area contributed by atoms with Gasteiger partial charge in [0.05, 0.1) is 5.92 Å². The van der Waals surface area contributed by atoms with E-state index in [9.17, 15) is 4.39 Å². The van der Waals surface area contributed by atoms with Crippen LogP contribution in [0.4, 0.5) is 4.39 Å². The Bertz CT molecular complexity index is 520. The molecule has 1 saturated heterocycles. The van der Waals surface area contributed by atoms with Crippen molar-refractivity contribution < 1.29 is 8.81 Å². The number of nitrogens with one attached hydrogen (secondary N) is 1. The summed E-state index contributed by atoms with van der Waals surface area (Å²) in [6, 6.07) is 6.17. The van der Waals surface area contributed by atoms with E-state index in [1.165, 1.54) is 12.1 Å². The minimum Gasteiger partial charge on any atom is -0.420 e. The average Bonchev–Trinajstić information content (AvgIpc) is 3.00. The van der Waals surface area contributed by atoms with Gasteiger partial charge in [0, 0.05) is 12.1 Å². The average molecular weight is 233 g/mol. The third-order valence-corrected chi connectivity index (χ3v) is 2.92. The van der Waals surface area contributed by atoms with E-state index >= 15 is 0 Å². The van der Waals surface area contributed by atoms with Crippen molar-refractivity contribution in [1.29, 1.82) is 0 Å². The van der Waals surface area contributed by atoms with Crippen LogP contribution in [0.1, 0.15) is 18.2 Å². The number of nitrogens with zero attached hydrogens (tertiary/aromatic N) is 2. The third-order valence-electron chi connectivity index (χ3n) is 2.92. The van der Waals surface area contributed by atoms with Crippen LogP contribution in [0, 0.1) is 5.82 Å². The minimum absolute atomic E-state index is 0.282.